The lowest BCUT2D eigenvalue weighted by atomic mass is 9.68. The molecule has 2 aromatic carbocycles. The Bertz CT molecular complexity index is 1110. The van der Waals surface area contributed by atoms with E-state index in [4.69, 9.17) is 9.47 Å². The maximum absolute atomic E-state index is 11.8. The fourth-order valence-corrected chi connectivity index (χ4v) is 4.00. The molecule has 0 amide bonds. The average Bonchev–Trinajstić information content (AvgIpc) is 2.90. The average molecular weight is 475 g/mol. The number of aliphatic hydroxyl groups is 1. The number of esters is 1. The minimum Gasteiger partial charge on any atom is -0.487 e. The maximum atomic E-state index is 11.8. The van der Waals surface area contributed by atoms with Gasteiger partial charge in [0.1, 0.15) is 18.4 Å². The normalized spacial score (nSPS) is 13.5. The molecule has 1 aromatic heterocycles. The molecule has 3 rings (SSSR count). The number of hydrogen-bond acceptors (Lipinski definition) is 6. The van der Waals surface area contributed by atoms with Crippen molar-refractivity contribution in [2.24, 2.45) is 5.92 Å². The summed E-state index contributed by atoms with van der Waals surface area (Å²) in [6, 6.07) is 21.3. The van der Waals surface area contributed by atoms with Crippen LogP contribution in [0.1, 0.15) is 43.2 Å². The predicted octanol–water partition coefficient (Wildman–Crippen LogP) is 4.72. The van der Waals surface area contributed by atoms with Crippen molar-refractivity contribution in [2.45, 2.75) is 38.8 Å². The fourth-order valence-electron chi connectivity index (χ4n) is 4.00. The van der Waals surface area contributed by atoms with Gasteiger partial charge in [0.15, 0.2) is 0 Å². The number of carbonyl (C=O) groups excluding carboxylic acids is 1. The molecule has 0 bridgehead atoms. The highest BCUT2D eigenvalue weighted by Gasteiger charge is 2.32. The molecule has 1 unspecified atom stereocenters. The first-order valence-electron chi connectivity index (χ1n) is 11.7. The standard InChI is InChI=1S/C29H34N2O4/c1-20(2)29(4,24-13-15-26(16-14-24)35-19-25-8-6-7-17-30-25)23-11-9-22(10-12-23)21(3)31-27(18-32)28(33)34-5/h6-17,20,27,31-32H,3,18-19H2,1-2,4-5H3/t27-,29?/m1/s1. The lowest BCUT2D eigenvalue weighted by Crippen LogP contribution is -2.39. The van der Waals surface area contributed by atoms with Crippen molar-refractivity contribution in [2.75, 3.05) is 13.7 Å². The van der Waals surface area contributed by atoms with Crippen molar-refractivity contribution in [3.05, 3.63) is 102 Å². The number of ether oxygens (including phenoxy) is 2. The molecule has 0 aliphatic heterocycles. The Morgan fingerprint density at radius 2 is 1.69 bits per heavy atom. The van der Waals surface area contributed by atoms with Crippen LogP contribution in [0.4, 0.5) is 0 Å². The van der Waals surface area contributed by atoms with Crippen LogP contribution in [0.5, 0.6) is 5.75 Å². The molecular weight excluding hydrogens is 440 g/mol. The third-order valence-electron chi connectivity index (χ3n) is 6.57. The molecule has 35 heavy (non-hydrogen) atoms. The van der Waals surface area contributed by atoms with Crippen LogP contribution in [0.15, 0.2) is 79.5 Å². The molecule has 6 heteroatoms. The van der Waals surface area contributed by atoms with Gasteiger partial charge in [-0.25, -0.2) is 4.79 Å². The van der Waals surface area contributed by atoms with Gasteiger partial charge in [-0.2, -0.15) is 0 Å². The van der Waals surface area contributed by atoms with Crippen molar-refractivity contribution >= 4 is 11.7 Å². The molecule has 0 fully saturated rings. The van der Waals surface area contributed by atoms with Crippen molar-refractivity contribution in [3.63, 3.8) is 0 Å². The van der Waals surface area contributed by atoms with Gasteiger partial charge in [-0.1, -0.05) is 69.8 Å². The molecule has 2 N–H and O–H groups in total. The van der Waals surface area contributed by atoms with E-state index in [1.165, 1.54) is 12.7 Å². The van der Waals surface area contributed by atoms with Crippen LogP contribution >= 0.6 is 0 Å². The summed E-state index contributed by atoms with van der Waals surface area (Å²) in [5.41, 5.74) is 4.39. The largest absolute Gasteiger partial charge is 0.487 e. The molecule has 1 heterocycles. The second-order valence-corrected chi connectivity index (χ2v) is 8.95. The Morgan fingerprint density at radius 3 is 2.20 bits per heavy atom. The van der Waals surface area contributed by atoms with Crippen molar-refractivity contribution < 1.29 is 19.4 Å². The van der Waals surface area contributed by atoms with Gasteiger partial charge in [-0.15, -0.1) is 0 Å². The fraction of sp³-hybridized carbons (Fsp3) is 0.310. The van der Waals surface area contributed by atoms with Crippen LogP contribution in [0.2, 0.25) is 0 Å². The molecule has 0 aliphatic carbocycles. The number of carbonyl (C=O) groups is 1. The third kappa shape index (κ3) is 6.08. The van der Waals surface area contributed by atoms with Crippen LogP contribution in [-0.2, 0) is 21.6 Å². The molecule has 3 aromatic rings. The molecule has 0 saturated carbocycles. The summed E-state index contributed by atoms with van der Waals surface area (Å²) in [4.78, 5) is 16.1. The first-order valence-corrected chi connectivity index (χ1v) is 11.7. The van der Waals surface area contributed by atoms with Crippen molar-refractivity contribution in [1.29, 1.82) is 0 Å². The Labute approximate surface area is 207 Å². The van der Waals surface area contributed by atoms with Gasteiger partial charge < -0.3 is 19.9 Å². The number of rotatable bonds is 11. The van der Waals surface area contributed by atoms with Crippen molar-refractivity contribution in [3.8, 4) is 5.75 Å². The highest BCUT2D eigenvalue weighted by molar-refractivity contribution is 5.78. The number of aliphatic hydroxyl groups excluding tert-OH is 1. The summed E-state index contributed by atoms with van der Waals surface area (Å²) in [5.74, 6) is 0.588. The SMILES string of the molecule is C=C(N[C@H](CO)C(=O)OC)c1ccc(C(C)(c2ccc(OCc3ccccn3)cc2)C(C)C)cc1. The van der Waals surface area contributed by atoms with Gasteiger partial charge in [-0.3, -0.25) is 4.98 Å². The number of benzene rings is 2. The van der Waals surface area contributed by atoms with Crippen LogP contribution in [0, 0.1) is 5.92 Å². The van der Waals surface area contributed by atoms with Gasteiger partial charge in [0.2, 0.25) is 0 Å². The maximum Gasteiger partial charge on any atom is 0.330 e. The van der Waals surface area contributed by atoms with E-state index in [0.29, 0.717) is 18.2 Å². The van der Waals surface area contributed by atoms with E-state index in [0.717, 1.165) is 22.6 Å². The Balaban J connectivity index is 1.76. The smallest absolute Gasteiger partial charge is 0.330 e. The van der Waals surface area contributed by atoms with E-state index < -0.39 is 12.0 Å². The molecule has 2 atom stereocenters. The van der Waals surface area contributed by atoms with Crippen molar-refractivity contribution in [1.82, 2.24) is 10.3 Å². The van der Waals surface area contributed by atoms with Gasteiger partial charge in [0.05, 0.1) is 19.4 Å². The minimum absolute atomic E-state index is 0.230. The summed E-state index contributed by atoms with van der Waals surface area (Å²) < 4.78 is 10.6. The Morgan fingerprint density at radius 1 is 1.06 bits per heavy atom. The molecule has 0 saturated heterocycles. The molecule has 6 nitrogen and oxygen atoms in total. The summed E-state index contributed by atoms with van der Waals surface area (Å²) >= 11 is 0. The zero-order chi connectivity index (χ0) is 25.4. The first kappa shape index (κ1) is 26.0. The first-order chi connectivity index (χ1) is 16.8. The van der Waals surface area contributed by atoms with Crippen LogP contribution in [-0.4, -0.2) is 35.8 Å². The third-order valence-corrected chi connectivity index (χ3v) is 6.57. The molecular formula is C29H34N2O4. The van der Waals surface area contributed by atoms with Crippen LogP contribution in [0.25, 0.3) is 5.70 Å². The van der Waals surface area contributed by atoms with Gasteiger partial charge in [-0.05, 0) is 46.9 Å². The second kappa shape index (κ2) is 11.7. The number of aromatic nitrogens is 1. The number of nitrogens with one attached hydrogen (secondary N) is 1. The summed E-state index contributed by atoms with van der Waals surface area (Å²) in [7, 11) is 1.29. The number of pyridine rings is 1. The predicted molar refractivity (Wildman–Crippen MR) is 138 cm³/mol. The summed E-state index contributed by atoms with van der Waals surface area (Å²) in [6.07, 6.45) is 1.76. The quantitative estimate of drug-likeness (QED) is 0.392. The van der Waals surface area contributed by atoms with Crippen LogP contribution in [0.3, 0.4) is 0 Å². The highest BCUT2D eigenvalue weighted by atomic mass is 16.5. The van der Waals surface area contributed by atoms with Crippen LogP contribution < -0.4 is 10.1 Å². The topological polar surface area (TPSA) is 80.7 Å². The number of methoxy groups -OCH3 is 1. The van der Waals surface area contributed by atoms with E-state index in [1.54, 1.807) is 6.20 Å². The monoisotopic (exact) mass is 474 g/mol. The molecule has 184 valence electrons. The summed E-state index contributed by atoms with van der Waals surface area (Å²) in [5, 5.41) is 12.4. The van der Waals surface area contributed by atoms with Gasteiger partial charge >= 0.3 is 5.97 Å². The zero-order valence-corrected chi connectivity index (χ0v) is 20.8. The summed E-state index contributed by atoms with van der Waals surface area (Å²) in [6.45, 7) is 10.7. The zero-order valence-electron chi connectivity index (χ0n) is 20.8. The van der Waals surface area contributed by atoms with Gasteiger partial charge in [0.25, 0.3) is 0 Å². The lowest BCUT2D eigenvalue weighted by molar-refractivity contribution is -0.143. The molecule has 0 aliphatic rings. The lowest BCUT2D eigenvalue weighted by Gasteiger charge is -2.35. The van der Waals surface area contributed by atoms with Gasteiger partial charge in [0, 0.05) is 17.3 Å². The van der Waals surface area contributed by atoms with E-state index in [2.05, 4.69) is 61.9 Å². The Hall–Kier alpha value is -3.64. The minimum atomic E-state index is -0.855. The highest BCUT2D eigenvalue weighted by Crippen LogP contribution is 2.39. The number of nitrogens with zero attached hydrogens (tertiary/aromatic N) is 1. The Kier molecular flexibility index (Phi) is 8.66. The molecule has 0 radical (unpaired) electrons. The van der Waals surface area contributed by atoms with E-state index in [1.807, 2.05) is 42.5 Å². The van der Waals surface area contributed by atoms with E-state index in [9.17, 15) is 9.90 Å². The second-order valence-electron chi connectivity index (χ2n) is 8.95. The molecule has 0 spiro atoms. The van der Waals surface area contributed by atoms with E-state index in [-0.39, 0.29) is 12.0 Å². The number of hydrogen-bond donors (Lipinski definition) is 2. The van der Waals surface area contributed by atoms with E-state index >= 15 is 0 Å².